The van der Waals surface area contributed by atoms with Crippen LogP contribution in [0.3, 0.4) is 0 Å². The number of methoxy groups -OCH3 is 1. The van der Waals surface area contributed by atoms with E-state index in [9.17, 15) is 5.11 Å². The zero-order chi connectivity index (χ0) is 13.6. The van der Waals surface area contributed by atoms with Crippen molar-refractivity contribution in [1.82, 2.24) is 5.32 Å². The van der Waals surface area contributed by atoms with Crippen molar-refractivity contribution in [2.45, 2.75) is 46.4 Å². The van der Waals surface area contributed by atoms with Crippen LogP contribution in [0.4, 0.5) is 0 Å². The van der Waals surface area contributed by atoms with Gasteiger partial charge in [0.15, 0.2) is 0 Å². The van der Waals surface area contributed by atoms with E-state index in [0.29, 0.717) is 13.2 Å². The maximum Gasteiger partial charge on any atom is 0.129 e. The van der Waals surface area contributed by atoms with Crippen LogP contribution in [0.1, 0.15) is 38.7 Å². The van der Waals surface area contributed by atoms with E-state index in [1.165, 1.54) is 0 Å². The fraction of sp³-hybridized carbons (Fsp3) is 0.714. The van der Waals surface area contributed by atoms with Crippen LogP contribution in [-0.2, 0) is 17.9 Å². The topological polar surface area (TPSA) is 54.6 Å². The van der Waals surface area contributed by atoms with Gasteiger partial charge in [0, 0.05) is 13.2 Å². The summed E-state index contributed by atoms with van der Waals surface area (Å²) in [5.74, 6) is 1.69. The maximum atomic E-state index is 9.34. The summed E-state index contributed by atoms with van der Waals surface area (Å²) in [5, 5.41) is 12.7. The van der Waals surface area contributed by atoms with E-state index in [1.54, 1.807) is 7.11 Å². The fourth-order valence-electron chi connectivity index (χ4n) is 1.92. The van der Waals surface area contributed by atoms with Gasteiger partial charge in [0.25, 0.3) is 0 Å². The normalized spacial score (nSPS) is 13.8. The van der Waals surface area contributed by atoms with Gasteiger partial charge in [0.2, 0.25) is 0 Å². The molecule has 1 heterocycles. The molecule has 1 rings (SSSR count). The Bertz CT molecular complexity index is 341. The van der Waals surface area contributed by atoms with Crippen LogP contribution in [0.25, 0.3) is 0 Å². The lowest BCUT2D eigenvalue weighted by atomic mass is 9.88. The third-order valence-corrected chi connectivity index (χ3v) is 2.65. The molecule has 0 aliphatic carbocycles. The second kappa shape index (κ2) is 6.92. The second-order valence-electron chi connectivity index (χ2n) is 5.83. The Morgan fingerprint density at radius 1 is 1.33 bits per heavy atom. The molecule has 4 nitrogen and oxygen atoms in total. The molecule has 2 N–H and O–H groups in total. The standard InChI is InChI=1S/C14H25NO3/c1-14(2,3)7-11(9-16)15-8-12-5-6-13(18-12)10-17-4/h5-6,11,15-16H,7-10H2,1-4H3. The summed E-state index contributed by atoms with van der Waals surface area (Å²) < 4.78 is 10.6. The lowest BCUT2D eigenvalue weighted by Crippen LogP contribution is -2.35. The second-order valence-corrected chi connectivity index (χ2v) is 5.83. The number of aliphatic hydroxyl groups is 1. The SMILES string of the molecule is COCc1ccc(CNC(CO)CC(C)(C)C)o1. The average Bonchev–Trinajstić information content (AvgIpc) is 2.71. The number of furan rings is 1. The predicted octanol–water partition coefficient (Wildman–Crippen LogP) is 2.31. The molecule has 0 fully saturated rings. The zero-order valence-electron chi connectivity index (χ0n) is 11.8. The lowest BCUT2D eigenvalue weighted by Gasteiger charge is -2.25. The van der Waals surface area contributed by atoms with E-state index >= 15 is 0 Å². The van der Waals surface area contributed by atoms with Gasteiger partial charge in [-0.05, 0) is 24.0 Å². The Morgan fingerprint density at radius 3 is 2.56 bits per heavy atom. The summed E-state index contributed by atoms with van der Waals surface area (Å²) in [5.41, 5.74) is 0.199. The smallest absolute Gasteiger partial charge is 0.129 e. The molecule has 0 aliphatic heterocycles. The van der Waals surface area contributed by atoms with Gasteiger partial charge in [-0.15, -0.1) is 0 Å². The Balaban J connectivity index is 2.41. The number of ether oxygens (including phenoxy) is 1. The molecule has 4 heteroatoms. The summed E-state index contributed by atoms with van der Waals surface area (Å²) in [7, 11) is 1.64. The van der Waals surface area contributed by atoms with Crippen LogP contribution in [-0.4, -0.2) is 24.9 Å². The first-order chi connectivity index (χ1) is 8.44. The summed E-state index contributed by atoms with van der Waals surface area (Å²) in [4.78, 5) is 0. The minimum absolute atomic E-state index is 0.0981. The lowest BCUT2D eigenvalue weighted by molar-refractivity contribution is 0.161. The van der Waals surface area contributed by atoms with E-state index in [0.717, 1.165) is 17.9 Å². The molecule has 0 aromatic carbocycles. The van der Waals surface area contributed by atoms with Gasteiger partial charge < -0.3 is 19.6 Å². The Labute approximate surface area is 109 Å². The van der Waals surface area contributed by atoms with Crippen molar-refractivity contribution in [2.24, 2.45) is 5.41 Å². The van der Waals surface area contributed by atoms with Crippen molar-refractivity contribution in [3.05, 3.63) is 23.7 Å². The molecule has 0 saturated heterocycles. The van der Waals surface area contributed by atoms with E-state index < -0.39 is 0 Å². The van der Waals surface area contributed by atoms with Crippen LogP contribution < -0.4 is 5.32 Å². The fourth-order valence-corrected chi connectivity index (χ4v) is 1.92. The molecule has 18 heavy (non-hydrogen) atoms. The highest BCUT2D eigenvalue weighted by Crippen LogP contribution is 2.21. The van der Waals surface area contributed by atoms with Crippen molar-refractivity contribution in [1.29, 1.82) is 0 Å². The minimum atomic E-state index is 0.0981. The highest BCUT2D eigenvalue weighted by Gasteiger charge is 2.18. The van der Waals surface area contributed by atoms with Crippen molar-refractivity contribution in [2.75, 3.05) is 13.7 Å². The van der Waals surface area contributed by atoms with Gasteiger partial charge in [-0.3, -0.25) is 0 Å². The van der Waals surface area contributed by atoms with Crippen LogP contribution in [0.5, 0.6) is 0 Å². The summed E-state index contributed by atoms with van der Waals surface area (Å²) in [6, 6.07) is 3.95. The van der Waals surface area contributed by atoms with Gasteiger partial charge in [-0.25, -0.2) is 0 Å². The third kappa shape index (κ3) is 5.67. The molecular formula is C14H25NO3. The number of nitrogens with one attached hydrogen (secondary N) is 1. The number of aliphatic hydroxyl groups excluding tert-OH is 1. The van der Waals surface area contributed by atoms with Crippen LogP contribution in [0, 0.1) is 5.41 Å². The highest BCUT2D eigenvalue weighted by atomic mass is 16.5. The first-order valence-electron chi connectivity index (χ1n) is 6.35. The van der Waals surface area contributed by atoms with Gasteiger partial charge >= 0.3 is 0 Å². The molecule has 1 atom stereocenters. The molecule has 1 unspecified atom stereocenters. The molecule has 0 amide bonds. The molecular weight excluding hydrogens is 230 g/mol. The predicted molar refractivity (Wildman–Crippen MR) is 71.2 cm³/mol. The Morgan fingerprint density at radius 2 is 2.00 bits per heavy atom. The summed E-state index contributed by atoms with van der Waals surface area (Å²) in [6.45, 7) is 7.77. The quantitative estimate of drug-likeness (QED) is 0.785. The van der Waals surface area contributed by atoms with Crippen LogP contribution >= 0.6 is 0 Å². The molecule has 0 bridgehead atoms. The van der Waals surface area contributed by atoms with E-state index in [1.807, 2.05) is 12.1 Å². The third-order valence-electron chi connectivity index (χ3n) is 2.65. The Hall–Kier alpha value is -0.840. The molecule has 0 saturated carbocycles. The van der Waals surface area contributed by atoms with E-state index in [4.69, 9.17) is 9.15 Å². The van der Waals surface area contributed by atoms with Crippen molar-refractivity contribution in [3.63, 3.8) is 0 Å². The number of hydrogen-bond acceptors (Lipinski definition) is 4. The molecule has 1 aromatic heterocycles. The number of hydrogen-bond donors (Lipinski definition) is 2. The maximum absolute atomic E-state index is 9.34. The monoisotopic (exact) mass is 255 g/mol. The van der Waals surface area contributed by atoms with E-state index in [2.05, 4.69) is 26.1 Å². The Kier molecular flexibility index (Phi) is 5.85. The van der Waals surface area contributed by atoms with Gasteiger partial charge in [0.05, 0.1) is 13.2 Å². The highest BCUT2D eigenvalue weighted by molar-refractivity contribution is 5.06. The van der Waals surface area contributed by atoms with Crippen LogP contribution in [0.2, 0.25) is 0 Å². The molecule has 104 valence electrons. The average molecular weight is 255 g/mol. The molecule has 1 aromatic rings. The zero-order valence-corrected chi connectivity index (χ0v) is 11.8. The molecule has 0 radical (unpaired) electrons. The van der Waals surface area contributed by atoms with Gasteiger partial charge in [0.1, 0.15) is 18.1 Å². The van der Waals surface area contributed by atoms with E-state index in [-0.39, 0.29) is 18.1 Å². The largest absolute Gasteiger partial charge is 0.462 e. The first kappa shape index (κ1) is 15.2. The minimum Gasteiger partial charge on any atom is -0.462 e. The summed E-state index contributed by atoms with van der Waals surface area (Å²) in [6.07, 6.45) is 0.926. The first-order valence-corrected chi connectivity index (χ1v) is 6.35. The van der Waals surface area contributed by atoms with Gasteiger partial charge in [-0.1, -0.05) is 20.8 Å². The van der Waals surface area contributed by atoms with Crippen molar-refractivity contribution >= 4 is 0 Å². The van der Waals surface area contributed by atoms with Crippen LogP contribution in [0.15, 0.2) is 16.5 Å². The van der Waals surface area contributed by atoms with Crippen molar-refractivity contribution in [3.8, 4) is 0 Å². The molecule has 0 aliphatic rings. The summed E-state index contributed by atoms with van der Waals surface area (Å²) >= 11 is 0. The van der Waals surface area contributed by atoms with Crippen molar-refractivity contribution < 1.29 is 14.3 Å². The molecule has 0 spiro atoms. The number of rotatable bonds is 7. The van der Waals surface area contributed by atoms with Gasteiger partial charge in [-0.2, -0.15) is 0 Å².